The summed E-state index contributed by atoms with van der Waals surface area (Å²) in [6.45, 7) is 2.47. The fraction of sp³-hybridized carbons (Fsp3) is 0.286. The topological polar surface area (TPSA) is 77.7 Å². The van der Waals surface area contributed by atoms with E-state index in [1.165, 1.54) is 0 Å². The maximum atomic E-state index is 12.6. The Kier molecular flexibility index (Phi) is 4.73. The Bertz CT molecular complexity index is 1010. The third kappa shape index (κ3) is 3.31. The Morgan fingerprint density at radius 1 is 1.11 bits per heavy atom. The largest absolute Gasteiger partial charge is 0.497 e. The van der Waals surface area contributed by atoms with Gasteiger partial charge in [0.2, 0.25) is 17.6 Å². The lowest BCUT2D eigenvalue weighted by atomic mass is 10.1. The minimum absolute atomic E-state index is 0.0301. The number of carbonyl (C=O) groups excluding carboxylic acids is 1. The Morgan fingerprint density at radius 2 is 1.89 bits per heavy atom. The number of aryl methyl sites for hydroxylation is 1. The molecule has 0 bridgehead atoms. The molecule has 7 heteroatoms. The van der Waals surface area contributed by atoms with Crippen molar-refractivity contribution in [1.82, 2.24) is 10.1 Å². The van der Waals surface area contributed by atoms with Gasteiger partial charge in [0.1, 0.15) is 11.5 Å². The van der Waals surface area contributed by atoms with Crippen LogP contribution >= 0.6 is 0 Å². The second-order valence-electron chi connectivity index (χ2n) is 6.75. The van der Waals surface area contributed by atoms with Crippen LogP contribution in [0.1, 0.15) is 23.8 Å². The minimum atomic E-state index is -0.148. The second-order valence-corrected chi connectivity index (χ2v) is 6.75. The van der Waals surface area contributed by atoms with Crippen molar-refractivity contribution >= 4 is 11.6 Å². The Balaban J connectivity index is 1.57. The summed E-state index contributed by atoms with van der Waals surface area (Å²) in [6, 6.07) is 13.2. The predicted molar refractivity (Wildman–Crippen MR) is 104 cm³/mol. The van der Waals surface area contributed by atoms with Gasteiger partial charge < -0.3 is 18.9 Å². The quantitative estimate of drug-likeness (QED) is 0.674. The van der Waals surface area contributed by atoms with Crippen LogP contribution in [0.2, 0.25) is 0 Å². The minimum Gasteiger partial charge on any atom is -0.497 e. The predicted octanol–water partition coefficient (Wildman–Crippen LogP) is 3.58. The number of anilines is 1. The van der Waals surface area contributed by atoms with Crippen molar-refractivity contribution in [3.63, 3.8) is 0 Å². The van der Waals surface area contributed by atoms with Gasteiger partial charge >= 0.3 is 0 Å². The van der Waals surface area contributed by atoms with Gasteiger partial charge in [-0.25, -0.2) is 0 Å². The van der Waals surface area contributed by atoms with Crippen LogP contribution in [0.15, 0.2) is 47.0 Å². The molecule has 0 N–H and O–H groups in total. The molecule has 2 heterocycles. The number of rotatable bonds is 5. The first kappa shape index (κ1) is 18.0. The first-order valence-electron chi connectivity index (χ1n) is 9.02. The van der Waals surface area contributed by atoms with Gasteiger partial charge in [0.25, 0.3) is 0 Å². The van der Waals surface area contributed by atoms with E-state index in [9.17, 15) is 4.79 Å². The zero-order valence-corrected chi connectivity index (χ0v) is 16.0. The zero-order valence-electron chi connectivity index (χ0n) is 16.0. The molecule has 7 nitrogen and oxygen atoms in total. The number of ether oxygens (including phenoxy) is 2. The van der Waals surface area contributed by atoms with E-state index in [4.69, 9.17) is 14.0 Å². The summed E-state index contributed by atoms with van der Waals surface area (Å²) in [5, 5.41) is 4.08. The van der Waals surface area contributed by atoms with Gasteiger partial charge in [-0.05, 0) is 30.7 Å². The molecule has 28 heavy (non-hydrogen) atoms. The smallest absolute Gasteiger partial charge is 0.232 e. The number of aromatic nitrogens is 2. The molecule has 4 rings (SSSR count). The molecule has 1 aliphatic heterocycles. The van der Waals surface area contributed by atoms with Crippen LogP contribution in [0.4, 0.5) is 5.69 Å². The first-order chi connectivity index (χ1) is 13.6. The van der Waals surface area contributed by atoms with Crippen LogP contribution in [-0.4, -0.2) is 36.8 Å². The van der Waals surface area contributed by atoms with E-state index in [0.29, 0.717) is 24.7 Å². The van der Waals surface area contributed by atoms with E-state index >= 15 is 0 Å². The Labute approximate surface area is 162 Å². The third-order valence-corrected chi connectivity index (χ3v) is 4.95. The van der Waals surface area contributed by atoms with Crippen molar-refractivity contribution in [2.45, 2.75) is 19.3 Å². The molecule has 2 aromatic carbocycles. The van der Waals surface area contributed by atoms with E-state index in [2.05, 4.69) is 10.1 Å². The van der Waals surface area contributed by atoms with E-state index in [0.717, 1.165) is 28.3 Å². The summed E-state index contributed by atoms with van der Waals surface area (Å²) in [7, 11) is 3.22. The van der Waals surface area contributed by atoms with Crippen molar-refractivity contribution in [2.75, 3.05) is 25.7 Å². The maximum Gasteiger partial charge on any atom is 0.232 e. The van der Waals surface area contributed by atoms with Gasteiger partial charge in [0.15, 0.2) is 0 Å². The number of hydrogen-bond acceptors (Lipinski definition) is 6. The lowest BCUT2D eigenvalue weighted by Crippen LogP contribution is -2.25. The van der Waals surface area contributed by atoms with Crippen molar-refractivity contribution in [3.8, 4) is 22.9 Å². The summed E-state index contributed by atoms with van der Waals surface area (Å²) in [5.41, 5.74) is 2.66. The average Bonchev–Trinajstić information content (AvgIpc) is 3.35. The molecule has 0 spiro atoms. The number of carbonyl (C=O) groups is 1. The van der Waals surface area contributed by atoms with E-state index in [-0.39, 0.29) is 11.8 Å². The number of amides is 1. The zero-order chi connectivity index (χ0) is 19.7. The second kappa shape index (κ2) is 7.34. The van der Waals surface area contributed by atoms with Crippen LogP contribution in [0.5, 0.6) is 11.5 Å². The molecule has 1 unspecified atom stereocenters. The van der Waals surface area contributed by atoms with Gasteiger partial charge in [-0.2, -0.15) is 4.98 Å². The normalized spacial score (nSPS) is 16.5. The summed E-state index contributed by atoms with van der Waals surface area (Å²) in [5.74, 6) is 2.27. The standard InChI is InChI=1S/C21H21N3O4/c1-13-7-8-17(27-3)11-18(13)24-12-15(10-19(24)25)21-22-20(23-28-21)14-5-4-6-16(9-14)26-2/h4-9,11,15H,10,12H2,1-3H3. The van der Waals surface area contributed by atoms with Gasteiger partial charge in [-0.3, -0.25) is 4.79 Å². The van der Waals surface area contributed by atoms with Crippen molar-refractivity contribution in [3.05, 3.63) is 53.9 Å². The van der Waals surface area contributed by atoms with Gasteiger partial charge in [0, 0.05) is 24.6 Å². The van der Waals surface area contributed by atoms with Crippen LogP contribution in [0, 0.1) is 6.92 Å². The Morgan fingerprint density at radius 3 is 2.68 bits per heavy atom. The molecular formula is C21H21N3O4. The van der Waals surface area contributed by atoms with Crippen LogP contribution in [0.3, 0.4) is 0 Å². The van der Waals surface area contributed by atoms with E-state index in [1.54, 1.807) is 19.1 Å². The van der Waals surface area contributed by atoms with Gasteiger partial charge in [-0.1, -0.05) is 23.4 Å². The van der Waals surface area contributed by atoms with Crippen LogP contribution in [0.25, 0.3) is 11.4 Å². The van der Waals surface area contributed by atoms with E-state index < -0.39 is 0 Å². The SMILES string of the molecule is COc1cccc(-c2noc(C3CC(=O)N(c4cc(OC)ccc4C)C3)n2)c1. The summed E-state index contributed by atoms with van der Waals surface area (Å²) >= 11 is 0. The number of hydrogen-bond donors (Lipinski definition) is 0. The lowest BCUT2D eigenvalue weighted by molar-refractivity contribution is -0.117. The van der Waals surface area contributed by atoms with Crippen molar-refractivity contribution in [1.29, 1.82) is 0 Å². The highest BCUT2D eigenvalue weighted by atomic mass is 16.5. The highest BCUT2D eigenvalue weighted by Crippen LogP contribution is 2.35. The Hall–Kier alpha value is -3.35. The molecule has 1 fully saturated rings. The fourth-order valence-corrected chi connectivity index (χ4v) is 3.39. The van der Waals surface area contributed by atoms with Gasteiger partial charge in [-0.15, -0.1) is 0 Å². The van der Waals surface area contributed by atoms with Crippen molar-refractivity contribution < 1.29 is 18.8 Å². The monoisotopic (exact) mass is 379 g/mol. The molecule has 3 aromatic rings. The average molecular weight is 379 g/mol. The lowest BCUT2D eigenvalue weighted by Gasteiger charge is -2.19. The molecule has 0 radical (unpaired) electrons. The molecule has 1 atom stereocenters. The maximum absolute atomic E-state index is 12.6. The molecule has 0 aliphatic carbocycles. The number of nitrogens with zero attached hydrogens (tertiary/aromatic N) is 3. The van der Waals surface area contributed by atoms with Crippen molar-refractivity contribution in [2.24, 2.45) is 0 Å². The third-order valence-electron chi connectivity index (χ3n) is 4.95. The molecule has 1 amide bonds. The molecule has 144 valence electrons. The molecule has 1 aliphatic rings. The molecule has 0 saturated carbocycles. The fourth-order valence-electron chi connectivity index (χ4n) is 3.39. The molecule has 1 aromatic heterocycles. The van der Waals surface area contributed by atoms with Gasteiger partial charge in [0.05, 0.1) is 25.8 Å². The summed E-state index contributed by atoms with van der Waals surface area (Å²) in [4.78, 5) is 18.9. The first-order valence-corrected chi connectivity index (χ1v) is 9.02. The molecule has 1 saturated heterocycles. The highest BCUT2D eigenvalue weighted by Gasteiger charge is 2.36. The number of methoxy groups -OCH3 is 2. The van der Waals surface area contributed by atoms with Crippen LogP contribution < -0.4 is 14.4 Å². The highest BCUT2D eigenvalue weighted by molar-refractivity contribution is 5.97. The van der Waals surface area contributed by atoms with E-state index in [1.807, 2.05) is 49.4 Å². The summed E-state index contributed by atoms with van der Waals surface area (Å²) in [6.07, 6.45) is 0.330. The number of benzene rings is 2. The van der Waals surface area contributed by atoms with Crippen LogP contribution in [-0.2, 0) is 4.79 Å². The molecular weight excluding hydrogens is 358 g/mol. The summed E-state index contributed by atoms with van der Waals surface area (Å²) < 4.78 is 16.0.